The predicted octanol–water partition coefficient (Wildman–Crippen LogP) is 1.33. The minimum atomic E-state index is 0.253. The van der Waals surface area contributed by atoms with Crippen molar-refractivity contribution in [2.75, 3.05) is 19.3 Å². The Labute approximate surface area is 93.8 Å². The molecule has 0 saturated carbocycles. The smallest absolute Gasteiger partial charge is 0.217 e. The van der Waals surface area contributed by atoms with Crippen molar-refractivity contribution in [1.82, 2.24) is 15.3 Å². The summed E-state index contributed by atoms with van der Waals surface area (Å²) < 4.78 is 5.77. The molecule has 5 heteroatoms. The minimum absolute atomic E-state index is 0.253. The summed E-state index contributed by atoms with van der Waals surface area (Å²) in [5.74, 6) is 0.683. The van der Waals surface area contributed by atoms with Gasteiger partial charge in [-0.25, -0.2) is 9.97 Å². The molecule has 1 saturated heterocycles. The molecule has 1 N–H and O–H groups in total. The third-order valence-electron chi connectivity index (χ3n) is 2.37. The van der Waals surface area contributed by atoms with E-state index in [0.717, 1.165) is 24.5 Å². The van der Waals surface area contributed by atoms with Crippen molar-refractivity contribution in [2.24, 2.45) is 0 Å². The second kappa shape index (κ2) is 5.32. The lowest BCUT2D eigenvalue weighted by atomic mass is 10.1. The Hall–Kier alpha value is -0.810. The van der Waals surface area contributed by atoms with Gasteiger partial charge in [0.25, 0.3) is 0 Å². The van der Waals surface area contributed by atoms with Crippen LogP contribution in [0.5, 0.6) is 5.88 Å². The molecule has 1 atom stereocenters. The van der Waals surface area contributed by atoms with Gasteiger partial charge < -0.3 is 10.1 Å². The largest absolute Gasteiger partial charge is 0.473 e. The Morgan fingerprint density at radius 1 is 1.53 bits per heavy atom. The number of thioether (sulfide) groups is 1. The van der Waals surface area contributed by atoms with Crippen LogP contribution in [0.15, 0.2) is 17.4 Å². The Morgan fingerprint density at radius 2 is 2.47 bits per heavy atom. The first-order valence-corrected chi connectivity index (χ1v) is 6.34. The first-order chi connectivity index (χ1) is 7.38. The van der Waals surface area contributed by atoms with Gasteiger partial charge in [-0.2, -0.15) is 0 Å². The fourth-order valence-electron chi connectivity index (χ4n) is 1.59. The van der Waals surface area contributed by atoms with Crippen LogP contribution in [0.2, 0.25) is 0 Å². The van der Waals surface area contributed by atoms with E-state index in [4.69, 9.17) is 4.74 Å². The molecule has 1 unspecified atom stereocenters. The van der Waals surface area contributed by atoms with Crippen LogP contribution in [0.1, 0.15) is 12.8 Å². The van der Waals surface area contributed by atoms with E-state index in [0.29, 0.717) is 5.88 Å². The van der Waals surface area contributed by atoms with Crippen LogP contribution in [0.4, 0.5) is 0 Å². The van der Waals surface area contributed by atoms with E-state index < -0.39 is 0 Å². The molecule has 15 heavy (non-hydrogen) atoms. The number of rotatable bonds is 3. The molecular formula is C10H15N3OS. The van der Waals surface area contributed by atoms with Gasteiger partial charge in [0.15, 0.2) is 0 Å². The molecule has 1 aliphatic rings. The van der Waals surface area contributed by atoms with Crippen LogP contribution in [0.25, 0.3) is 0 Å². The summed E-state index contributed by atoms with van der Waals surface area (Å²) in [5, 5.41) is 4.26. The van der Waals surface area contributed by atoms with Crippen LogP contribution in [-0.4, -0.2) is 35.4 Å². The lowest BCUT2D eigenvalue weighted by Gasteiger charge is -2.23. The molecule has 4 nitrogen and oxygen atoms in total. The van der Waals surface area contributed by atoms with E-state index in [1.165, 1.54) is 6.42 Å². The lowest BCUT2D eigenvalue weighted by Crippen LogP contribution is -2.37. The lowest BCUT2D eigenvalue weighted by molar-refractivity contribution is 0.159. The van der Waals surface area contributed by atoms with Crippen LogP contribution in [-0.2, 0) is 0 Å². The molecular weight excluding hydrogens is 210 g/mol. The van der Waals surface area contributed by atoms with Crippen molar-refractivity contribution in [3.63, 3.8) is 0 Å². The van der Waals surface area contributed by atoms with Crippen LogP contribution >= 0.6 is 11.8 Å². The fraction of sp³-hybridized carbons (Fsp3) is 0.600. The number of nitrogens with zero attached hydrogens (tertiary/aromatic N) is 2. The minimum Gasteiger partial charge on any atom is -0.473 e. The summed E-state index contributed by atoms with van der Waals surface area (Å²) in [6.45, 7) is 2.01. The predicted molar refractivity (Wildman–Crippen MR) is 60.3 cm³/mol. The van der Waals surface area contributed by atoms with Gasteiger partial charge in [0.2, 0.25) is 5.88 Å². The zero-order valence-corrected chi connectivity index (χ0v) is 9.59. The van der Waals surface area contributed by atoms with E-state index in [2.05, 4.69) is 15.3 Å². The highest BCUT2D eigenvalue weighted by molar-refractivity contribution is 7.98. The molecule has 1 fully saturated rings. The molecule has 2 rings (SSSR count). The van der Waals surface area contributed by atoms with Crippen LogP contribution in [0.3, 0.4) is 0 Å². The number of hydrogen-bond acceptors (Lipinski definition) is 5. The topological polar surface area (TPSA) is 47.0 Å². The number of nitrogens with one attached hydrogen (secondary N) is 1. The quantitative estimate of drug-likeness (QED) is 0.621. The van der Waals surface area contributed by atoms with Gasteiger partial charge in [-0.15, -0.1) is 11.8 Å². The third kappa shape index (κ3) is 3.07. The summed E-state index contributed by atoms with van der Waals surface area (Å²) in [6, 6.07) is 1.89. The maximum Gasteiger partial charge on any atom is 0.217 e. The zero-order valence-electron chi connectivity index (χ0n) is 8.77. The van der Waals surface area contributed by atoms with Gasteiger partial charge in [-0.3, -0.25) is 0 Å². The monoisotopic (exact) mass is 225 g/mol. The van der Waals surface area contributed by atoms with E-state index in [1.54, 1.807) is 18.1 Å². The number of ether oxygens (including phenoxy) is 1. The van der Waals surface area contributed by atoms with Crippen LogP contribution in [0, 0.1) is 0 Å². The zero-order chi connectivity index (χ0) is 10.5. The molecule has 82 valence electrons. The Bertz CT molecular complexity index is 315. The second-order valence-electron chi connectivity index (χ2n) is 3.48. The first-order valence-electron chi connectivity index (χ1n) is 5.12. The molecule has 2 heterocycles. The maximum atomic E-state index is 5.77. The summed E-state index contributed by atoms with van der Waals surface area (Å²) in [4.78, 5) is 8.21. The number of hydrogen-bond donors (Lipinski definition) is 1. The van der Waals surface area contributed by atoms with E-state index >= 15 is 0 Å². The van der Waals surface area contributed by atoms with Gasteiger partial charge in [0.1, 0.15) is 17.5 Å². The summed E-state index contributed by atoms with van der Waals surface area (Å²) in [7, 11) is 0. The molecule has 1 aliphatic heterocycles. The molecule has 0 spiro atoms. The SMILES string of the molecule is CSc1cc(OC2CCCNC2)ncn1. The van der Waals surface area contributed by atoms with Crippen molar-refractivity contribution in [3.05, 3.63) is 12.4 Å². The molecule has 1 aromatic heterocycles. The van der Waals surface area contributed by atoms with Crippen molar-refractivity contribution >= 4 is 11.8 Å². The molecule has 0 radical (unpaired) electrons. The summed E-state index contributed by atoms with van der Waals surface area (Å²) in [6.07, 6.45) is 6.07. The van der Waals surface area contributed by atoms with Crippen molar-refractivity contribution < 1.29 is 4.74 Å². The second-order valence-corrected chi connectivity index (χ2v) is 4.31. The van der Waals surface area contributed by atoms with E-state index in [9.17, 15) is 0 Å². The highest BCUT2D eigenvalue weighted by atomic mass is 32.2. The summed E-state index contributed by atoms with van der Waals surface area (Å²) >= 11 is 1.60. The van der Waals surface area contributed by atoms with Gasteiger partial charge >= 0.3 is 0 Å². The number of piperidine rings is 1. The van der Waals surface area contributed by atoms with Gasteiger partial charge in [0, 0.05) is 12.6 Å². The van der Waals surface area contributed by atoms with Crippen molar-refractivity contribution in [1.29, 1.82) is 0 Å². The Kier molecular flexibility index (Phi) is 3.80. The highest BCUT2D eigenvalue weighted by Gasteiger charge is 2.14. The summed E-state index contributed by atoms with van der Waals surface area (Å²) in [5.41, 5.74) is 0. The molecule has 0 aromatic carbocycles. The van der Waals surface area contributed by atoms with Crippen molar-refractivity contribution in [2.45, 2.75) is 24.0 Å². The van der Waals surface area contributed by atoms with Gasteiger partial charge in [-0.1, -0.05) is 0 Å². The van der Waals surface area contributed by atoms with E-state index in [-0.39, 0.29) is 6.10 Å². The van der Waals surface area contributed by atoms with E-state index in [1.807, 2.05) is 12.3 Å². The van der Waals surface area contributed by atoms with Gasteiger partial charge in [0.05, 0.1) is 0 Å². The van der Waals surface area contributed by atoms with Crippen LogP contribution < -0.4 is 10.1 Å². The third-order valence-corrected chi connectivity index (χ3v) is 3.01. The van der Waals surface area contributed by atoms with Crippen molar-refractivity contribution in [3.8, 4) is 5.88 Å². The molecule has 0 amide bonds. The fourth-order valence-corrected chi connectivity index (χ4v) is 1.96. The maximum absolute atomic E-state index is 5.77. The van der Waals surface area contributed by atoms with Gasteiger partial charge in [-0.05, 0) is 25.6 Å². The normalized spacial score (nSPS) is 21.3. The average Bonchev–Trinajstić information content (AvgIpc) is 2.31. The Balaban J connectivity index is 1.96. The Morgan fingerprint density at radius 3 is 3.20 bits per heavy atom. The molecule has 1 aromatic rings. The average molecular weight is 225 g/mol. The molecule has 0 bridgehead atoms. The molecule has 0 aliphatic carbocycles. The standard InChI is InChI=1S/C10H15N3OS/c1-15-10-5-9(12-7-13-10)14-8-3-2-4-11-6-8/h5,7-8,11H,2-4,6H2,1H3. The first kappa shape index (κ1) is 10.7. The highest BCUT2D eigenvalue weighted by Crippen LogP contribution is 2.17. The number of aromatic nitrogens is 2.